The van der Waals surface area contributed by atoms with E-state index >= 15 is 0 Å². The van der Waals surface area contributed by atoms with Crippen molar-refractivity contribution in [1.29, 1.82) is 0 Å². The number of amides is 3. The van der Waals surface area contributed by atoms with Crippen molar-refractivity contribution in [2.75, 3.05) is 13.1 Å². The zero-order valence-electron chi connectivity index (χ0n) is 18.5. The largest absolute Gasteiger partial charge is 0.508 e. The second-order valence-corrected chi connectivity index (χ2v) is 10.7. The van der Waals surface area contributed by atoms with Crippen LogP contribution in [-0.4, -0.2) is 46.6 Å². The van der Waals surface area contributed by atoms with Gasteiger partial charge in [0.1, 0.15) is 5.75 Å². The summed E-state index contributed by atoms with van der Waals surface area (Å²) in [6.45, 7) is 3.56. The number of rotatable bonds is 4. The SMILES string of the molecule is CC(C(=O)NC(=O)NC12CC3CC(CC(C3)C1)C2)N1CCC(c2ccc(O)cc2)CC1. The van der Waals surface area contributed by atoms with E-state index in [4.69, 9.17) is 0 Å². The number of hydrogen-bond acceptors (Lipinski definition) is 4. The Bertz CT molecular complexity index is 794. The minimum absolute atomic E-state index is 0.0786. The molecular formula is C25H35N3O3. The molecule has 3 amide bonds. The van der Waals surface area contributed by atoms with Gasteiger partial charge in [0.15, 0.2) is 0 Å². The van der Waals surface area contributed by atoms with Gasteiger partial charge in [0.2, 0.25) is 5.91 Å². The van der Waals surface area contributed by atoms with E-state index in [2.05, 4.69) is 15.5 Å². The number of aromatic hydroxyl groups is 1. The summed E-state index contributed by atoms with van der Waals surface area (Å²) >= 11 is 0. The molecule has 4 saturated carbocycles. The molecule has 31 heavy (non-hydrogen) atoms. The molecule has 1 unspecified atom stereocenters. The van der Waals surface area contributed by atoms with Crippen LogP contribution in [0.15, 0.2) is 24.3 Å². The molecule has 1 heterocycles. The van der Waals surface area contributed by atoms with Crippen molar-refractivity contribution in [1.82, 2.24) is 15.5 Å². The quantitative estimate of drug-likeness (QED) is 0.686. The number of piperidine rings is 1. The molecule has 0 spiro atoms. The molecule has 0 radical (unpaired) electrons. The first kappa shape index (κ1) is 20.8. The van der Waals surface area contributed by atoms with Crippen LogP contribution < -0.4 is 10.6 Å². The Labute approximate surface area is 184 Å². The molecule has 6 rings (SSSR count). The lowest BCUT2D eigenvalue weighted by atomic mass is 9.53. The third-order valence-corrected chi connectivity index (χ3v) is 8.47. The van der Waals surface area contributed by atoms with Gasteiger partial charge in [0.25, 0.3) is 0 Å². The summed E-state index contributed by atoms with van der Waals surface area (Å²) in [6.07, 6.45) is 9.20. The molecule has 168 valence electrons. The number of likely N-dealkylation sites (tertiary alicyclic amines) is 1. The number of carbonyl (C=O) groups is 2. The zero-order chi connectivity index (χ0) is 21.6. The Balaban J connectivity index is 1.11. The number of imide groups is 1. The summed E-state index contributed by atoms with van der Waals surface area (Å²) < 4.78 is 0. The number of benzene rings is 1. The summed E-state index contributed by atoms with van der Waals surface area (Å²) in [7, 11) is 0. The Morgan fingerprint density at radius 2 is 1.55 bits per heavy atom. The maximum absolute atomic E-state index is 12.8. The summed E-state index contributed by atoms with van der Waals surface area (Å²) in [4.78, 5) is 27.7. The van der Waals surface area contributed by atoms with Crippen LogP contribution in [0, 0.1) is 17.8 Å². The van der Waals surface area contributed by atoms with Crippen molar-refractivity contribution >= 4 is 11.9 Å². The predicted molar refractivity (Wildman–Crippen MR) is 119 cm³/mol. The predicted octanol–water partition coefficient (Wildman–Crippen LogP) is 3.75. The van der Waals surface area contributed by atoms with Crippen molar-refractivity contribution in [3.8, 4) is 5.75 Å². The highest BCUT2D eigenvalue weighted by atomic mass is 16.3. The second-order valence-electron chi connectivity index (χ2n) is 10.7. The highest BCUT2D eigenvalue weighted by molar-refractivity contribution is 5.97. The summed E-state index contributed by atoms with van der Waals surface area (Å²) in [5.41, 5.74) is 1.16. The summed E-state index contributed by atoms with van der Waals surface area (Å²) in [5.74, 6) is 2.82. The Kier molecular flexibility index (Phi) is 5.45. The fraction of sp³-hybridized carbons (Fsp3) is 0.680. The van der Waals surface area contributed by atoms with Crippen LogP contribution in [0.3, 0.4) is 0 Å². The van der Waals surface area contributed by atoms with Gasteiger partial charge in [-0.15, -0.1) is 0 Å². The van der Waals surface area contributed by atoms with Crippen molar-refractivity contribution in [2.24, 2.45) is 17.8 Å². The molecular weight excluding hydrogens is 390 g/mol. The van der Waals surface area contributed by atoms with E-state index in [1.807, 2.05) is 19.1 Å². The number of nitrogens with one attached hydrogen (secondary N) is 2. The molecule has 1 atom stereocenters. The molecule has 3 N–H and O–H groups in total. The molecule has 6 nitrogen and oxygen atoms in total. The third-order valence-electron chi connectivity index (χ3n) is 8.47. The lowest BCUT2D eigenvalue weighted by Crippen LogP contribution is -2.62. The highest BCUT2D eigenvalue weighted by Gasteiger charge is 2.51. The van der Waals surface area contributed by atoms with E-state index in [0.29, 0.717) is 11.7 Å². The number of urea groups is 1. The number of phenols is 1. The molecule has 4 bridgehead atoms. The van der Waals surface area contributed by atoms with E-state index in [1.165, 1.54) is 24.8 Å². The van der Waals surface area contributed by atoms with Crippen molar-refractivity contribution < 1.29 is 14.7 Å². The molecule has 5 aliphatic rings. The molecule has 6 heteroatoms. The van der Waals surface area contributed by atoms with Crippen molar-refractivity contribution in [2.45, 2.75) is 75.8 Å². The van der Waals surface area contributed by atoms with E-state index in [9.17, 15) is 14.7 Å². The lowest BCUT2D eigenvalue weighted by Gasteiger charge is -2.56. The van der Waals surface area contributed by atoms with Crippen LogP contribution in [0.5, 0.6) is 5.75 Å². The standard InChI is InChI=1S/C25H35N3O3/c1-16(28-8-6-21(7-9-28)20-2-4-22(29)5-3-20)23(30)26-24(31)27-25-13-17-10-18(14-25)12-19(11-17)15-25/h2-5,16-19,21,29H,6-15H2,1H3,(H2,26,27,30,31). The number of carbonyl (C=O) groups excluding carboxylic acids is 2. The van der Waals surface area contributed by atoms with Gasteiger partial charge in [-0.2, -0.15) is 0 Å². The topological polar surface area (TPSA) is 81.7 Å². The first-order valence-electron chi connectivity index (χ1n) is 12.0. The highest BCUT2D eigenvalue weighted by Crippen LogP contribution is 2.55. The van der Waals surface area contributed by atoms with Crippen LogP contribution in [0.4, 0.5) is 4.79 Å². The Morgan fingerprint density at radius 3 is 2.10 bits per heavy atom. The fourth-order valence-electron chi connectivity index (χ4n) is 7.28. The summed E-state index contributed by atoms with van der Waals surface area (Å²) in [5, 5.41) is 15.4. The van der Waals surface area contributed by atoms with E-state index in [-0.39, 0.29) is 23.5 Å². The first-order valence-corrected chi connectivity index (χ1v) is 12.0. The van der Waals surface area contributed by atoms with Crippen LogP contribution in [0.25, 0.3) is 0 Å². The molecule has 1 aromatic carbocycles. The van der Waals surface area contributed by atoms with Crippen LogP contribution in [0.1, 0.15) is 69.8 Å². The summed E-state index contributed by atoms with van der Waals surface area (Å²) in [6, 6.07) is 6.82. The van der Waals surface area contributed by atoms with Crippen molar-refractivity contribution in [3.63, 3.8) is 0 Å². The second kappa shape index (κ2) is 8.12. The minimum atomic E-state index is -0.317. The molecule has 5 fully saturated rings. The van der Waals surface area contributed by atoms with Gasteiger partial charge in [0.05, 0.1) is 6.04 Å². The van der Waals surface area contributed by atoms with E-state index in [1.54, 1.807) is 12.1 Å². The van der Waals surface area contributed by atoms with Gasteiger partial charge >= 0.3 is 6.03 Å². The minimum Gasteiger partial charge on any atom is -0.508 e. The van der Waals surface area contributed by atoms with Gasteiger partial charge in [0, 0.05) is 5.54 Å². The number of hydrogen-bond donors (Lipinski definition) is 3. The van der Waals surface area contributed by atoms with E-state index < -0.39 is 0 Å². The van der Waals surface area contributed by atoms with Gasteiger partial charge in [-0.25, -0.2) is 4.79 Å². The molecule has 0 aromatic heterocycles. The van der Waals surface area contributed by atoms with Gasteiger partial charge in [-0.3, -0.25) is 15.0 Å². The average Bonchev–Trinajstić information content (AvgIpc) is 2.72. The number of phenolic OH excluding ortho intramolecular Hbond substituents is 1. The normalized spacial score (nSPS) is 33.8. The van der Waals surface area contributed by atoms with Gasteiger partial charge in [-0.1, -0.05) is 12.1 Å². The Morgan fingerprint density at radius 1 is 1.00 bits per heavy atom. The number of nitrogens with zero attached hydrogens (tertiary/aromatic N) is 1. The van der Waals surface area contributed by atoms with Crippen molar-refractivity contribution in [3.05, 3.63) is 29.8 Å². The molecule has 1 aromatic rings. The molecule has 4 aliphatic carbocycles. The van der Waals surface area contributed by atoms with E-state index in [0.717, 1.165) is 62.9 Å². The maximum Gasteiger partial charge on any atom is 0.321 e. The van der Waals surface area contributed by atoms with Crippen LogP contribution >= 0.6 is 0 Å². The van der Waals surface area contributed by atoms with Gasteiger partial charge in [-0.05, 0) is 113 Å². The smallest absolute Gasteiger partial charge is 0.321 e. The monoisotopic (exact) mass is 425 g/mol. The third kappa shape index (κ3) is 4.32. The maximum atomic E-state index is 12.8. The van der Waals surface area contributed by atoms with Crippen LogP contribution in [0.2, 0.25) is 0 Å². The average molecular weight is 426 g/mol. The zero-order valence-corrected chi connectivity index (χ0v) is 18.5. The Hall–Kier alpha value is -2.08. The van der Waals surface area contributed by atoms with Crippen LogP contribution in [-0.2, 0) is 4.79 Å². The molecule has 1 saturated heterocycles. The lowest BCUT2D eigenvalue weighted by molar-refractivity contribution is -0.125. The van der Waals surface area contributed by atoms with Gasteiger partial charge < -0.3 is 10.4 Å². The first-order chi connectivity index (χ1) is 14.9. The fourth-order valence-corrected chi connectivity index (χ4v) is 7.28. The molecule has 1 aliphatic heterocycles.